The van der Waals surface area contributed by atoms with E-state index in [1.807, 2.05) is 66.4 Å². The van der Waals surface area contributed by atoms with Gasteiger partial charge >= 0.3 is 5.97 Å². The van der Waals surface area contributed by atoms with Gasteiger partial charge in [-0.1, -0.05) is 54.8 Å². The van der Waals surface area contributed by atoms with Crippen LogP contribution in [0.1, 0.15) is 62.2 Å². The van der Waals surface area contributed by atoms with Crippen LogP contribution in [0.4, 0.5) is 0 Å². The van der Waals surface area contributed by atoms with Crippen molar-refractivity contribution in [1.82, 2.24) is 4.90 Å². The third-order valence-electron chi connectivity index (χ3n) is 5.89. The molecule has 1 amide bonds. The van der Waals surface area contributed by atoms with E-state index in [-0.39, 0.29) is 18.4 Å². The fourth-order valence-electron chi connectivity index (χ4n) is 4.01. The molecular formula is C27H33NO5. The second-order valence-corrected chi connectivity index (χ2v) is 8.57. The first-order valence-electron chi connectivity index (χ1n) is 11.6. The molecule has 6 heteroatoms. The van der Waals surface area contributed by atoms with Crippen LogP contribution < -0.4 is 4.74 Å². The van der Waals surface area contributed by atoms with Crippen molar-refractivity contribution in [3.05, 3.63) is 71.8 Å². The Balaban J connectivity index is 1.53. The lowest BCUT2D eigenvalue weighted by atomic mass is 10.1. The minimum absolute atomic E-state index is 0.0156. The van der Waals surface area contributed by atoms with Gasteiger partial charge in [0.25, 0.3) is 0 Å². The molecule has 1 aliphatic rings. The number of carboxylic acid groups (broad SMARTS) is 1. The molecule has 2 atom stereocenters. The molecule has 1 fully saturated rings. The first-order valence-corrected chi connectivity index (χ1v) is 11.6. The second kappa shape index (κ2) is 12.2. The zero-order chi connectivity index (χ0) is 23.6. The molecule has 2 aromatic carbocycles. The third-order valence-corrected chi connectivity index (χ3v) is 5.89. The van der Waals surface area contributed by atoms with Crippen molar-refractivity contribution < 1.29 is 24.5 Å². The SMILES string of the molecule is Cc1ccc(Oc2cccc(C(O)/C=C/[C@H]3CCC(=O)N3CCCCCCC(=O)O)c2)cc1. The van der Waals surface area contributed by atoms with Gasteiger partial charge in [0.05, 0.1) is 12.1 Å². The van der Waals surface area contributed by atoms with E-state index in [4.69, 9.17) is 9.84 Å². The van der Waals surface area contributed by atoms with E-state index in [1.165, 1.54) is 0 Å². The standard InChI is InChI=1S/C27H33NO5/c1-20-10-14-23(15-11-20)33-24-8-6-7-21(19-24)25(29)16-12-22-13-17-26(30)28(22)18-5-3-2-4-9-27(31)32/h6-8,10-12,14-16,19,22,25,29H,2-5,9,13,17-18H2,1H3,(H,31,32)/b16-12+/t22-,25?/m0/s1. The summed E-state index contributed by atoms with van der Waals surface area (Å²) in [5, 5.41) is 19.4. The van der Waals surface area contributed by atoms with Gasteiger partial charge in [-0.25, -0.2) is 0 Å². The van der Waals surface area contributed by atoms with Crippen molar-refractivity contribution in [1.29, 1.82) is 0 Å². The largest absolute Gasteiger partial charge is 0.481 e. The van der Waals surface area contributed by atoms with Crippen LogP contribution in [0, 0.1) is 6.92 Å². The zero-order valence-electron chi connectivity index (χ0n) is 19.2. The average Bonchev–Trinajstić information content (AvgIpc) is 3.15. The van der Waals surface area contributed by atoms with Gasteiger partial charge in [0.2, 0.25) is 5.91 Å². The molecule has 6 nitrogen and oxygen atoms in total. The molecule has 0 aromatic heterocycles. The van der Waals surface area contributed by atoms with Gasteiger partial charge < -0.3 is 19.8 Å². The molecule has 0 radical (unpaired) electrons. The Bertz CT molecular complexity index is 953. The van der Waals surface area contributed by atoms with Crippen molar-refractivity contribution in [3.63, 3.8) is 0 Å². The Morgan fingerprint density at radius 1 is 1.12 bits per heavy atom. The van der Waals surface area contributed by atoms with E-state index >= 15 is 0 Å². The first kappa shape index (κ1) is 24.5. The van der Waals surface area contributed by atoms with Crippen molar-refractivity contribution in [2.45, 2.75) is 64.0 Å². The summed E-state index contributed by atoms with van der Waals surface area (Å²) in [7, 11) is 0. The smallest absolute Gasteiger partial charge is 0.303 e. The number of likely N-dealkylation sites (tertiary alicyclic amines) is 1. The number of hydrogen-bond acceptors (Lipinski definition) is 4. The van der Waals surface area contributed by atoms with E-state index in [1.54, 1.807) is 6.08 Å². The van der Waals surface area contributed by atoms with Crippen LogP contribution in [-0.2, 0) is 9.59 Å². The minimum Gasteiger partial charge on any atom is -0.481 e. The molecule has 0 bridgehead atoms. The van der Waals surface area contributed by atoms with E-state index in [2.05, 4.69) is 0 Å². The topological polar surface area (TPSA) is 87.1 Å². The van der Waals surface area contributed by atoms with Crippen molar-refractivity contribution in [3.8, 4) is 11.5 Å². The van der Waals surface area contributed by atoms with Crippen molar-refractivity contribution in [2.24, 2.45) is 0 Å². The molecule has 33 heavy (non-hydrogen) atoms. The molecule has 1 unspecified atom stereocenters. The Kier molecular flexibility index (Phi) is 9.07. The average molecular weight is 452 g/mol. The van der Waals surface area contributed by atoms with Crippen molar-refractivity contribution in [2.75, 3.05) is 6.54 Å². The first-order chi connectivity index (χ1) is 15.9. The highest BCUT2D eigenvalue weighted by Crippen LogP contribution is 2.27. The summed E-state index contributed by atoms with van der Waals surface area (Å²) in [5.74, 6) is 0.772. The summed E-state index contributed by atoms with van der Waals surface area (Å²) < 4.78 is 5.90. The molecule has 3 rings (SSSR count). The Hall–Kier alpha value is -3.12. The zero-order valence-corrected chi connectivity index (χ0v) is 19.2. The van der Waals surface area contributed by atoms with Crippen LogP contribution in [0.15, 0.2) is 60.7 Å². The minimum atomic E-state index is -0.792. The van der Waals surface area contributed by atoms with Crippen LogP contribution in [0.3, 0.4) is 0 Å². The van der Waals surface area contributed by atoms with Gasteiger partial charge in [-0.05, 0) is 56.0 Å². The molecule has 2 N–H and O–H groups in total. The van der Waals surface area contributed by atoms with Gasteiger partial charge in [-0.3, -0.25) is 9.59 Å². The maximum Gasteiger partial charge on any atom is 0.303 e. The number of rotatable bonds is 12. The molecule has 176 valence electrons. The third kappa shape index (κ3) is 7.75. The van der Waals surface area contributed by atoms with Crippen LogP contribution >= 0.6 is 0 Å². The number of aliphatic carboxylic acids is 1. The Labute approximate surface area is 195 Å². The maximum atomic E-state index is 12.3. The number of unbranched alkanes of at least 4 members (excludes halogenated alkanes) is 3. The highest BCUT2D eigenvalue weighted by Gasteiger charge is 2.28. The monoisotopic (exact) mass is 451 g/mol. The van der Waals surface area contributed by atoms with E-state index in [0.717, 1.165) is 42.6 Å². The van der Waals surface area contributed by atoms with E-state index in [9.17, 15) is 14.7 Å². The number of carbonyl (C=O) groups is 2. The number of aryl methyl sites for hydroxylation is 1. The molecule has 2 aromatic rings. The fourth-order valence-corrected chi connectivity index (χ4v) is 4.01. The molecule has 1 aliphatic heterocycles. The number of carboxylic acids is 1. The van der Waals surface area contributed by atoms with Crippen LogP contribution in [0.2, 0.25) is 0 Å². The highest BCUT2D eigenvalue weighted by atomic mass is 16.5. The van der Waals surface area contributed by atoms with Crippen LogP contribution in [0.25, 0.3) is 0 Å². The van der Waals surface area contributed by atoms with Gasteiger partial charge in [0, 0.05) is 19.4 Å². The lowest BCUT2D eigenvalue weighted by Gasteiger charge is -2.22. The molecular weight excluding hydrogens is 418 g/mol. The molecule has 1 heterocycles. The number of ether oxygens (including phenoxy) is 1. The summed E-state index contributed by atoms with van der Waals surface area (Å²) in [4.78, 5) is 24.7. The van der Waals surface area contributed by atoms with E-state index in [0.29, 0.717) is 25.1 Å². The van der Waals surface area contributed by atoms with Crippen LogP contribution in [-0.4, -0.2) is 39.6 Å². The number of carbonyl (C=O) groups excluding carboxylic acids is 1. The summed E-state index contributed by atoms with van der Waals surface area (Å²) >= 11 is 0. The number of aliphatic hydroxyl groups excluding tert-OH is 1. The quantitative estimate of drug-likeness (QED) is 0.333. The van der Waals surface area contributed by atoms with E-state index < -0.39 is 12.1 Å². The summed E-state index contributed by atoms with van der Waals surface area (Å²) in [6, 6.07) is 15.2. The molecule has 0 spiro atoms. The Morgan fingerprint density at radius 3 is 2.64 bits per heavy atom. The Morgan fingerprint density at radius 2 is 1.88 bits per heavy atom. The lowest BCUT2D eigenvalue weighted by molar-refractivity contribution is -0.137. The van der Waals surface area contributed by atoms with Gasteiger partial charge in [-0.15, -0.1) is 0 Å². The predicted molar refractivity (Wildman–Crippen MR) is 127 cm³/mol. The number of aliphatic hydroxyl groups is 1. The number of nitrogens with zero attached hydrogens (tertiary/aromatic N) is 1. The predicted octanol–water partition coefficient (Wildman–Crippen LogP) is 5.40. The number of amides is 1. The number of benzene rings is 2. The van der Waals surface area contributed by atoms with Crippen LogP contribution in [0.5, 0.6) is 11.5 Å². The molecule has 1 saturated heterocycles. The fraction of sp³-hybridized carbons (Fsp3) is 0.407. The molecule has 0 aliphatic carbocycles. The van der Waals surface area contributed by atoms with Crippen molar-refractivity contribution >= 4 is 11.9 Å². The summed E-state index contributed by atoms with van der Waals surface area (Å²) in [6.07, 6.45) is 7.63. The lowest BCUT2D eigenvalue weighted by Crippen LogP contribution is -2.32. The maximum absolute atomic E-state index is 12.3. The summed E-state index contributed by atoms with van der Waals surface area (Å²) in [6.45, 7) is 2.69. The normalized spacial score (nSPS) is 17.0. The van der Waals surface area contributed by atoms with Gasteiger partial charge in [0.1, 0.15) is 11.5 Å². The van der Waals surface area contributed by atoms with Gasteiger partial charge in [0.15, 0.2) is 0 Å². The van der Waals surface area contributed by atoms with Gasteiger partial charge in [-0.2, -0.15) is 0 Å². The number of hydrogen-bond donors (Lipinski definition) is 2. The highest BCUT2D eigenvalue weighted by molar-refractivity contribution is 5.79. The summed E-state index contributed by atoms with van der Waals surface area (Å²) in [5.41, 5.74) is 1.89. The molecule has 0 saturated carbocycles. The second-order valence-electron chi connectivity index (χ2n) is 8.57.